The van der Waals surface area contributed by atoms with E-state index in [4.69, 9.17) is 8.85 Å². The highest BCUT2D eigenvalue weighted by Crippen LogP contribution is 2.38. The molecule has 1 aliphatic carbocycles. The first-order chi connectivity index (χ1) is 8.21. The van der Waals surface area contributed by atoms with E-state index in [-0.39, 0.29) is 0 Å². The molecular weight excluding hydrogens is 228 g/mol. The molecule has 0 N–H and O–H groups in total. The van der Waals surface area contributed by atoms with Crippen molar-refractivity contribution in [2.45, 2.75) is 64.5 Å². The van der Waals surface area contributed by atoms with Crippen molar-refractivity contribution in [2.24, 2.45) is 11.8 Å². The first-order valence-electron chi connectivity index (χ1n) is 7.31. The Labute approximate surface area is 108 Å². The van der Waals surface area contributed by atoms with Gasteiger partial charge in [0.15, 0.2) is 0 Å². The Kier molecular flexibility index (Phi) is 6.74. The lowest BCUT2D eigenvalue weighted by Gasteiger charge is -2.33. The standard InChI is InChI=1S/C14H30O2Si/c1-5-11-17(15-3,16-4)12-13(6-2)14-9-7-8-10-14/h13-14H,5-12H2,1-4H3. The van der Waals surface area contributed by atoms with Gasteiger partial charge in [-0.1, -0.05) is 52.4 Å². The van der Waals surface area contributed by atoms with Crippen molar-refractivity contribution in [2.75, 3.05) is 14.2 Å². The Balaban J connectivity index is 2.61. The molecule has 102 valence electrons. The molecule has 1 saturated carbocycles. The normalized spacial score (nSPS) is 19.8. The third-order valence-electron chi connectivity index (χ3n) is 4.54. The first kappa shape index (κ1) is 15.2. The summed E-state index contributed by atoms with van der Waals surface area (Å²) in [4.78, 5) is 0. The molecule has 1 unspecified atom stereocenters. The van der Waals surface area contributed by atoms with Gasteiger partial charge < -0.3 is 8.85 Å². The Hall–Kier alpha value is 0.137. The zero-order valence-corrected chi connectivity index (χ0v) is 13.1. The molecule has 2 nitrogen and oxygen atoms in total. The summed E-state index contributed by atoms with van der Waals surface area (Å²) < 4.78 is 11.7. The quantitative estimate of drug-likeness (QED) is 0.603. The van der Waals surface area contributed by atoms with E-state index < -0.39 is 8.56 Å². The van der Waals surface area contributed by atoms with E-state index in [1.54, 1.807) is 0 Å². The van der Waals surface area contributed by atoms with Crippen LogP contribution in [0, 0.1) is 11.8 Å². The summed E-state index contributed by atoms with van der Waals surface area (Å²) in [5, 5.41) is 0. The maximum absolute atomic E-state index is 5.84. The molecule has 1 aliphatic rings. The molecule has 0 spiro atoms. The molecule has 0 radical (unpaired) electrons. The van der Waals surface area contributed by atoms with Gasteiger partial charge in [-0.3, -0.25) is 0 Å². The maximum Gasteiger partial charge on any atom is 0.337 e. The second-order valence-electron chi connectivity index (χ2n) is 5.49. The fourth-order valence-electron chi connectivity index (χ4n) is 3.41. The van der Waals surface area contributed by atoms with Crippen LogP contribution in [-0.2, 0) is 8.85 Å². The highest BCUT2D eigenvalue weighted by molar-refractivity contribution is 6.67. The third kappa shape index (κ3) is 4.07. The smallest absolute Gasteiger partial charge is 0.337 e. The molecule has 0 aromatic carbocycles. The van der Waals surface area contributed by atoms with Crippen LogP contribution in [0.2, 0.25) is 12.1 Å². The van der Waals surface area contributed by atoms with E-state index >= 15 is 0 Å². The average molecular weight is 258 g/mol. The minimum atomic E-state index is -1.90. The van der Waals surface area contributed by atoms with Crippen LogP contribution < -0.4 is 0 Å². The molecule has 17 heavy (non-hydrogen) atoms. The summed E-state index contributed by atoms with van der Waals surface area (Å²) in [6.45, 7) is 4.57. The lowest BCUT2D eigenvalue weighted by Crippen LogP contribution is -2.42. The summed E-state index contributed by atoms with van der Waals surface area (Å²) in [5.74, 6) is 1.77. The molecule has 1 atom stereocenters. The van der Waals surface area contributed by atoms with Gasteiger partial charge in [0.2, 0.25) is 0 Å². The molecule has 1 rings (SSSR count). The van der Waals surface area contributed by atoms with E-state index in [9.17, 15) is 0 Å². The van der Waals surface area contributed by atoms with Gasteiger partial charge >= 0.3 is 8.56 Å². The van der Waals surface area contributed by atoms with Crippen molar-refractivity contribution >= 4 is 8.56 Å². The van der Waals surface area contributed by atoms with Crippen molar-refractivity contribution in [1.29, 1.82) is 0 Å². The van der Waals surface area contributed by atoms with Crippen molar-refractivity contribution in [3.8, 4) is 0 Å². The van der Waals surface area contributed by atoms with Crippen LogP contribution in [0.3, 0.4) is 0 Å². The number of rotatable bonds is 8. The summed E-state index contributed by atoms with van der Waals surface area (Å²) in [7, 11) is 1.81. The third-order valence-corrected chi connectivity index (χ3v) is 8.44. The van der Waals surface area contributed by atoms with Gasteiger partial charge in [-0.25, -0.2) is 0 Å². The second kappa shape index (κ2) is 7.55. The van der Waals surface area contributed by atoms with Crippen LogP contribution in [0.5, 0.6) is 0 Å². The predicted octanol–water partition coefficient (Wildman–Crippen LogP) is 4.35. The molecule has 0 aromatic heterocycles. The van der Waals surface area contributed by atoms with Gasteiger partial charge in [-0.15, -0.1) is 0 Å². The molecule has 0 saturated heterocycles. The zero-order valence-electron chi connectivity index (χ0n) is 12.1. The summed E-state index contributed by atoms with van der Waals surface area (Å²) in [6.07, 6.45) is 8.20. The van der Waals surface area contributed by atoms with E-state index in [2.05, 4.69) is 13.8 Å². The molecular formula is C14H30O2Si. The van der Waals surface area contributed by atoms with Crippen LogP contribution in [-0.4, -0.2) is 22.8 Å². The molecule has 3 heteroatoms. The Morgan fingerprint density at radius 3 is 2.12 bits per heavy atom. The molecule has 0 amide bonds. The highest BCUT2D eigenvalue weighted by Gasteiger charge is 2.39. The Bertz CT molecular complexity index is 198. The zero-order chi connectivity index (χ0) is 12.7. The van der Waals surface area contributed by atoms with Crippen LogP contribution in [0.25, 0.3) is 0 Å². The van der Waals surface area contributed by atoms with Gasteiger partial charge in [-0.2, -0.15) is 0 Å². The number of hydrogen-bond donors (Lipinski definition) is 0. The van der Waals surface area contributed by atoms with Crippen LogP contribution in [0.1, 0.15) is 52.4 Å². The van der Waals surface area contributed by atoms with Crippen molar-refractivity contribution in [3.05, 3.63) is 0 Å². The fraction of sp³-hybridized carbons (Fsp3) is 1.00. The predicted molar refractivity (Wildman–Crippen MR) is 75.4 cm³/mol. The van der Waals surface area contributed by atoms with E-state index in [1.807, 2.05) is 14.2 Å². The van der Waals surface area contributed by atoms with E-state index in [1.165, 1.54) is 44.6 Å². The van der Waals surface area contributed by atoms with Gasteiger partial charge in [0.05, 0.1) is 0 Å². The Morgan fingerprint density at radius 2 is 1.71 bits per heavy atom. The number of hydrogen-bond acceptors (Lipinski definition) is 2. The first-order valence-corrected chi connectivity index (χ1v) is 9.54. The largest absolute Gasteiger partial charge is 0.398 e. The molecule has 0 aliphatic heterocycles. The molecule has 0 aromatic rings. The summed E-state index contributed by atoms with van der Waals surface area (Å²) in [6, 6.07) is 2.35. The van der Waals surface area contributed by atoms with Crippen molar-refractivity contribution < 1.29 is 8.85 Å². The Morgan fingerprint density at radius 1 is 1.12 bits per heavy atom. The average Bonchev–Trinajstić information content (AvgIpc) is 2.88. The monoisotopic (exact) mass is 258 g/mol. The lowest BCUT2D eigenvalue weighted by atomic mass is 9.90. The van der Waals surface area contributed by atoms with Gasteiger partial charge in [0, 0.05) is 14.2 Å². The molecule has 0 bridgehead atoms. The van der Waals surface area contributed by atoms with Crippen LogP contribution in [0.15, 0.2) is 0 Å². The maximum atomic E-state index is 5.84. The minimum absolute atomic E-state index is 0.829. The second-order valence-corrected chi connectivity index (χ2v) is 9.03. The fourth-order valence-corrected chi connectivity index (χ4v) is 6.70. The molecule has 0 heterocycles. The lowest BCUT2D eigenvalue weighted by molar-refractivity contribution is 0.220. The topological polar surface area (TPSA) is 18.5 Å². The van der Waals surface area contributed by atoms with Crippen LogP contribution in [0.4, 0.5) is 0 Å². The van der Waals surface area contributed by atoms with Gasteiger partial charge in [-0.05, 0) is 23.9 Å². The highest BCUT2D eigenvalue weighted by atomic mass is 28.4. The van der Waals surface area contributed by atoms with Gasteiger partial charge in [0.1, 0.15) is 0 Å². The van der Waals surface area contributed by atoms with Crippen molar-refractivity contribution in [1.82, 2.24) is 0 Å². The van der Waals surface area contributed by atoms with Crippen molar-refractivity contribution in [3.63, 3.8) is 0 Å². The van der Waals surface area contributed by atoms with Gasteiger partial charge in [0.25, 0.3) is 0 Å². The van der Waals surface area contributed by atoms with E-state index in [0.717, 1.165) is 17.9 Å². The summed E-state index contributed by atoms with van der Waals surface area (Å²) >= 11 is 0. The van der Waals surface area contributed by atoms with E-state index in [0.29, 0.717) is 0 Å². The minimum Gasteiger partial charge on any atom is -0.398 e. The van der Waals surface area contributed by atoms with Crippen LogP contribution >= 0.6 is 0 Å². The SMILES string of the molecule is CCC[Si](CC(CC)C1CCCC1)(OC)OC. The molecule has 1 fully saturated rings. The summed E-state index contributed by atoms with van der Waals surface area (Å²) in [5.41, 5.74) is 0.